The van der Waals surface area contributed by atoms with Gasteiger partial charge in [0.05, 0.1) is 13.2 Å². The van der Waals surface area contributed by atoms with Crippen LogP contribution >= 0.6 is 0 Å². The molecule has 0 unspecified atom stereocenters. The van der Waals surface area contributed by atoms with Crippen molar-refractivity contribution < 1.29 is 9.53 Å². The second kappa shape index (κ2) is 7.99. The lowest BCUT2D eigenvalue weighted by atomic mass is 10.1. The van der Waals surface area contributed by atoms with Crippen LogP contribution in [0.3, 0.4) is 0 Å². The largest absolute Gasteiger partial charge is 0.384 e. The van der Waals surface area contributed by atoms with Gasteiger partial charge in [-0.25, -0.2) is 0 Å². The minimum Gasteiger partial charge on any atom is -0.384 e. The Hall–Kier alpha value is -1.43. The van der Waals surface area contributed by atoms with Gasteiger partial charge in [-0.2, -0.15) is 0 Å². The highest BCUT2D eigenvalue weighted by Crippen LogP contribution is 2.15. The van der Waals surface area contributed by atoms with Crippen molar-refractivity contribution in [2.24, 2.45) is 0 Å². The van der Waals surface area contributed by atoms with Crippen LogP contribution in [0.4, 0.5) is 5.69 Å². The highest BCUT2D eigenvalue weighted by molar-refractivity contribution is 5.93. The molecule has 1 saturated heterocycles. The third-order valence-electron chi connectivity index (χ3n) is 3.44. The summed E-state index contributed by atoms with van der Waals surface area (Å²) >= 11 is 0. The Balaban J connectivity index is 1.89. The molecule has 1 heterocycles. The number of anilines is 1. The summed E-state index contributed by atoms with van der Waals surface area (Å²) in [6.45, 7) is 4.89. The number of nitrogens with one attached hydrogen (secondary N) is 2. The van der Waals surface area contributed by atoms with Crippen LogP contribution in [0.5, 0.6) is 0 Å². The number of methoxy groups -OCH3 is 1. The zero-order chi connectivity index (χ0) is 14.2. The summed E-state index contributed by atoms with van der Waals surface area (Å²) < 4.78 is 5.10. The fourth-order valence-corrected chi connectivity index (χ4v) is 2.33. The molecule has 0 saturated carbocycles. The Labute approximate surface area is 120 Å². The van der Waals surface area contributed by atoms with E-state index in [1.165, 1.54) is 0 Å². The smallest absolute Gasteiger partial charge is 0.238 e. The van der Waals surface area contributed by atoms with E-state index in [-0.39, 0.29) is 5.91 Å². The predicted molar refractivity (Wildman–Crippen MR) is 80.0 cm³/mol. The molecule has 1 amide bonds. The first-order valence-corrected chi connectivity index (χ1v) is 7.09. The average molecular weight is 277 g/mol. The molecule has 1 aromatic rings. The summed E-state index contributed by atoms with van der Waals surface area (Å²) in [5.74, 6) is 0.0526. The third-order valence-corrected chi connectivity index (χ3v) is 3.44. The number of nitrogens with zero attached hydrogens (tertiary/aromatic N) is 1. The van der Waals surface area contributed by atoms with Gasteiger partial charge in [0.15, 0.2) is 0 Å². The molecule has 0 aliphatic carbocycles. The number of carbonyl (C=O) groups excluding carboxylic acids is 1. The van der Waals surface area contributed by atoms with Crippen molar-refractivity contribution in [2.45, 2.75) is 6.42 Å². The molecule has 110 valence electrons. The summed E-state index contributed by atoms with van der Waals surface area (Å²) in [5, 5.41) is 6.29. The first kappa shape index (κ1) is 15.0. The second-order valence-electron chi connectivity index (χ2n) is 4.97. The van der Waals surface area contributed by atoms with Crippen LogP contribution in [0, 0.1) is 0 Å². The number of ether oxygens (including phenoxy) is 1. The van der Waals surface area contributed by atoms with Crippen molar-refractivity contribution in [3.05, 3.63) is 29.8 Å². The fraction of sp³-hybridized carbons (Fsp3) is 0.533. The summed E-state index contributed by atoms with van der Waals surface area (Å²) in [7, 11) is 1.69. The maximum atomic E-state index is 12.1. The van der Waals surface area contributed by atoms with Gasteiger partial charge in [0.1, 0.15) is 0 Å². The molecular weight excluding hydrogens is 254 g/mol. The minimum absolute atomic E-state index is 0.0526. The van der Waals surface area contributed by atoms with Gasteiger partial charge in [-0.05, 0) is 18.1 Å². The van der Waals surface area contributed by atoms with Crippen LogP contribution in [0.1, 0.15) is 5.56 Å². The highest BCUT2D eigenvalue weighted by Gasteiger charge is 2.14. The van der Waals surface area contributed by atoms with Crippen molar-refractivity contribution in [2.75, 3.05) is 51.8 Å². The van der Waals surface area contributed by atoms with Crippen molar-refractivity contribution >= 4 is 11.6 Å². The number of amides is 1. The number of hydrogen-bond acceptors (Lipinski definition) is 4. The number of carbonyl (C=O) groups is 1. The van der Waals surface area contributed by atoms with E-state index in [4.69, 9.17) is 4.74 Å². The van der Waals surface area contributed by atoms with Crippen LogP contribution in [0.2, 0.25) is 0 Å². The molecule has 1 aliphatic rings. The Morgan fingerprint density at radius 3 is 2.85 bits per heavy atom. The minimum atomic E-state index is 0.0526. The summed E-state index contributed by atoms with van der Waals surface area (Å²) in [6.07, 6.45) is 0.806. The Morgan fingerprint density at radius 2 is 2.10 bits per heavy atom. The maximum absolute atomic E-state index is 12.1. The average Bonchev–Trinajstić information content (AvgIpc) is 2.47. The van der Waals surface area contributed by atoms with Gasteiger partial charge in [0.2, 0.25) is 5.91 Å². The van der Waals surface area contributed by atoms with Gasteiger partial charge < -0.3 is 15.4 Å². The lowest BCUT2D eigenvalue weighted by Gasteiger charge is -2.26. The van der Waals surface area contributed by atoms with E-state index in [2.05, 4.69) is 15.5 Å². The van der Waals surface area contributed by atoms with Crippen molar-refractivity contribution in [1.29, 1.82) is 0 Å². The molecule has 0 aromatic heterocycles. The van der Waals surface area contributed by atoms with Gasteiger partial charge in [-0.1, -0.05) is 18.2 Å². The van der Waals surface area contributed by atoms with E-state index in [0.717, 1.165) is 43.9 Å². The van der Waals surface area contributed by atoms with E-state index in [1.54, 1.807) is 7.11 Å². The number of hydrogen-bond donors (Lipinski definition) is 2. The lowest BCUT2D eigenvalue weighted by Crippen LogP contribution is -2.46. The third kappa shape index (κ3) is 4.59. The molecule has 5 heteroatoms. The monoisotopic (exact) mass is 277 g/mol. The van der Waals surface area contributed by atoms with Crippen molar-refractivity contribution in [3.8, 4) is 0 Å². The topological polar surface area (TPSA) is 53.6 Å². The number of para-hydroxylation sites is 1. The SMILES string of the molecule is COCCc1ccccc1NC(=O)CN1CCNCC1. The molecule has 1 aromatic carbocycles. The molecular formula is C15H23N3O2. The second-order valence-corrected chi connectivity index (χ2v) is 4.97. The van der Waals surface area contributed by atoms with Crippen molar-refractivity contribution in [3.63, 3.8) is 0 Å². The van der Waals surface area contributed by atoms with Gasteiger partial charge in [0, 0.05) is 39.0 Å². The molecule has 1 fully saturated rings. The molecule has 20 heavy (non-hydrogen) atoms. The summed E-state index contributed by atoms with van der Waals surface area (Å²) in [5.41, 5.74) is 2.01. The van der Waals surface area contributed by atoms with Crippen LogP contribution in [-0.2, 0) is 16.0 Å². The number of rotatable bonds is 6. The molecule has 0 spiro atoms. The maximum Gasteiger partial charge on any atom is 0.238 e. The molecule has 5 nitrogen and oxygen atoms in total. The molecule has 0 atom stereocenters. The van der Waals surface area contributed by atoms with E-state index in [0.29, 0.717) is 13.2 Å². The predicted octanol–water partition coefficient (Wildman–Crippen LogP) is 0.719. The quantitative estimate of drug-likeness (QED) is 0.804. The van der Waals surface area contributed by atoms with E-state index >= 15 is 0 Å². The van der Waals surface area contributed by atoms with E-state index in [1.807, 2.05) is 24.3 Å². The molecule has 2 rings (SSSR count). The number of piperazine rings is 1. The van der Waals surface area contributed by atoms with Crippen LogP contribution < -0.4 is 10.6 Å². The van der Waals surface area contributed by atoms with E-state index < -0.39 is 0 Å². The lowest BCUT2D eigenvalue weighted by molar-refractivity contribution is -0.117. The molecule has 0 radical (unpaired) electrons. The summed E-state index contributed by atoms with van der Waals surface area (Å²) in [6, 6.07) is 7.90. The Kier molecular flexibility index (Phi) is 5.98. The number of benzene rings is 1. The van der Waals surface area contributed by atoms with Gasteiger partial charge in [0.25, 0.3) is 0 Å². The zero-order valence-electron chi connectivity index (χ0n) is 12.0. The normalized spacial score (nSPS) is 16.1. The van der Waals surface area contributed by atoms with Gasteiger partial charge in [-0.15, -0.1) is 0 Å². The standard InChI is InChI=1S/C15H23N3O2/c1-20-11-6-13-4-2-3-5-14(13)17-15(19)12-18-9-7-16-8-10-18/h2-5,16H,6-12H2,1H3,(H,17,19). The molecule has 0 bridgehead atoms. The highest BCUT2D eigenvalue weighted by atomic mass is 16.5. The van der Waals surface area contributed by atoms with E-state index in [9.17, 15) is 4.79 Å². The zero-order valence-corrected chi connectivity index (χ0v) is 12.0. The van der Waals surface area contributed by atoms with Gasteiger partial charge >= 0.3 is 0 Å². The van der Waals surface area contributed by atoms with Crippen LogP contribution in [0.15, 0.2) is 24.3 Å². The first-order valence-electron chi connectivity index (χ1n) is 7.09. The summed E-state index contributed by atoms with van der Waals surface area (Å²) in [4.78, 5) is 14.3. The fourth-order valence-electron chi connectivity index (χ4n) is 2.33. The van der Waals surface area contributed by atoms with Gasteiger partial charge in [-0.3, -0.25) is 9.69 Å². The first-order chi connectivity index (χ1) is 9.79. The van der Waals surface area contributed by atoms with Crippen LogP contribution in [-0.4, -0.2) is 57.2 Å². The molecule has 1 aliphatic heterocycles. The van der Waals surface area contributed by atoms with Crippen molar-refractivity contribution in [1.82, 2.24) is 10.2 Å². The Bertz CT molecular complexity index is 431. The molecule has 2 N–H and O–H groups in total. The van der Waals surface area contributed by atoms with Crippen LogP contribution in [0.25, 0.3) is 0 Å². The Morgan fingerprint density at radius 1 is 1.35 bits per heavy atom.